The lowest BCUT2D eigenvalue weighted by Crippen LogP contribution is -2.36. The zero-order chi connectivity index (χ0) is 22.6. The van der Waals surface area contributed by atoms with Crippen LogP contribution in [-0.4, -0.2) is 55.3 Å². The minimum atomic E-state index is 0.258. The zero-order valence-electron chi connectivity index (χ0n) is 19.4. The van der Waals surface area contributed by atoms with Crippen LogP contribution in [0.3, 0.4) is 0 Å². The van der Waals surface area contributed by atoms with Gasteiger partial charge in [0.05, 0.1) is 12.2 Å². The molecule has 0 aliphatic carbocycles. The molecular weight excluding hydrogens is 420 g/mol. The van der Waals surface area contributed by atoms with Crippen molar-refractivity contribution in [3.05, 3.63) is 33.8 Å². The van der Waals surface area contributed by atoms with Crippen molar-refractivity contribution in [3.63, 3.8) is 0 Å². The van der Waals surface area contributed by atoms with Crippen molar-refractivity contribution in [2.24, 2.45) is 0 Å². The molecule has 4 aromatic rings. The third-order valence-electron chi connectivity index (χ3n) is 6.71. The number of nitrogens with zero attached hydrogens (tertiary/aromatic N) is 5. The molecule has 5 rings (SSSR count). The lowest BCUT2D eigenvalue weighted by Gasteiger charge is -2.31. The summed E-state index contributed by atoms with van der Waals surface area (Å²) in [5, 5.41) is 13.4. The number of thiophene rings is 1. The van der Waals surface area contributed by atoms with Crippen LogP contribution in [0.4, 0.5) is 0 Å². The number of hydrogen-bond acceptors (Lipinski definition) is 6. The van der Waals surface area contributed by atoms with Gasteiger partial charge in [0.15, 0.2) is 5.65 Å². The molecule has 168 valence electrons. The second-order valence-corrected chi connectivity index (χ2v) is 10.5. The number of tetrazole rings is 1. The van der Waals surface area contributed by atoms with Crippen molar-refractivity contribution >= 4 is 33.0 Å². The van der Waals surface area contributed by atoms with Gasteiger partial charge in [0.1, 0.15) is 10.6 Å². The number of H-pyrrole nitrogens is 1. The first-order chi connectivity index (χ1) is 15.3. The molecule has 1 N–H and O–H groups in total. The topological polar surface area (TPSA) is 79.2 Å². The Bertz CT molecular complexity index is 1310. The lowest BCUT2D eigenvalue weighted by molar-refractivity contribution is -0.118. The zero-order valence-corrected chi connectivity index (χ0v) is 20.2. The number of aromatic nitrogens is 5. The summed E-state index contributed by atoms with van der Waals surface area (Å²) in [6, 6.07) is 2.17. The molecule has 1 fully saturated rings. The van der Waals surface area contributed by atoms with Crippen LogP contribution in [-0.2, 0) is 4.79 Å². The summed E-state index contributed by atoms with van der Waals surface area (Å²) in [7, 11) is 0. The summed E-state index contributed by atoms with van der Waals surface area (Å²) < 4.78 is 1.76. The first-order valence-corrected chi connectivity index (χ1v) is 12.2. The van der Waals surface area contributed by atoms with Crippen LogP contribution in [0.5, 0.6) is 0 Å². The van der Waals surface area contributed by atoms with Crippen molar-refractivity contribution < 1.29 is 4.79 Å². The van der Waals surface area contributed by atoms with Gasteiger partial charge in [-0.05, 0) is 91.7 Å². The minimum absolute atomic E-state index is 0.258. The average molecular weight is 451 g/mol. The Kier molecular flexibility index (Phi) is 5.37. The molecule has 5 heterocycles. The average Bonchev–Trinajstić information content (AvgIpc) is 3.43. The van der Waals surface area contributed by atoms with E-state index in [9.17, 15) is 4.79 Å². The van der Waals surface area contributed by atoms with E-state index in [1.165, 1.54) is 31.9 Å². The van der Waals surface area contributed by atoms with E-state index in [4.69, 9.17) is 0 Å². The number of piperidine rings is 1. The van der Waals surface area contributed by atoms with Gasteiger partial charge in [-0.15, -0.1) is 16.4 Å². The molecule has 1 saturated heterocycles. The second-order valence-electron chi connectivity index (χ2n) is 9.48. The Balaban J connectivity index is 1.54. The quantitative estimate of drug-likeness (QED) is 0.470. The van der Waals surface area contributed by atoms with Gasteiger partial charge in [0, 0.05) is 22.0 Å². The number of ketones is 1. The van der Waals surface area contributed by atoms with Crippen molar-refractivity contribution in [3.8, 4) is 11.3 Å². The maximum absolute atomic E-state index is 11.5. The number of aryl methyl sites for hydroxylation is 2. The van der Waals surface area contributed by atoms with Crippen LogP contribution in [0.2, 0.25) is 0 Å². The number of fused-ring (bicyclic) bond motifs is 2. The van der Waals surface area contributed by atoms with E-state index < -0.39 is 0 Å². The highest BCUT2D eigenvalue weighted by Gasteiger charge is 2.28. The van der Waals surface area contributed by atoms with Gasteiger partial charge >= 0.3 is 0 Å². The number of pyridine rings is 1. The maximum atomic E-state index is 11.5. The fourth-order valence-electron chi connectivity index (χ4n) is 5.26. The lowest BCUT2D eigenvalue weighted by atomic mass is 9.90. The van der Waals surface area contributed by atoms with Crippen LogP contribution in [0, 0.1) is 13.8 Å². The van der Waals surface area contributed by atoms with Gasteiger partial charge in [-0.25, -0.2) is 0 Å². The van der Waals surface area contributed by atoms with E-state index in [0.717, 1.165) is 42.7 Å². The summed E-state index contributed by atoms with van der Waals surface area (Å²) in [5.74, 6) is 1.22. The number of likely N-dealkylation sites (tertiary alicyclic amines) is 1. The van der Waals surface area contributed by atoms with E-state index in [0.29, 0.717) is 18.4 Å². The van der Waals surface area contributed by atoms with Crippen molar-refractivity contribution in [2.45, 2.75) is 59.3 Å². The Hall–Kier alpha value is -2.58. The molecule has 4 aromatic heterocycles. The summed E-state index contributed by atoms with van der Waals surface area (Å²) in [4.78, 5) is 20.3. The molecule has 0 atom stereocenters. The van der Waals surface area contributed by atoms with E-state index >= 15 is 0 Å². The standard InChI is InChI=1S/C24H30N6OS/c1-13(2)19-20-16(5)22(17-6-8-29(9-7-17)11-15(4)31)32-24(20)25-21(19)18-10-14(3)23-26-27-28-30(23)12-18/h10,12-13,17,25H,6-9,11H2,1-5H3. The fraction of sp³-hybridized carbons (Fsp3) is 0.500. The molecule has 0 saturated carbocycles. The Labute approximate surface area is 191 Å². The van der Waals surface area contributed by atoms with Gasteiger partial charge in [-0.2, -0.15) is 4.52 Å². The predicted octanol–water partition coefficient (Wildman–Crippen LogP) is 4.84. The smallest absolute Gasteiger partial charge is 0.182 e. The second kappa shape index (κ2) is 8.08. The Morgan fingerprint density at radius 1 is 1.28 bits per heavy atom. The van der Waals surface area contributed by atoms with Gasteiger partial charge < -0.3 is 4.98 Å². The van der Waals surface area contributed by atoms with E-state index in [-0.39, 0.29) is 5.78 Å². The molecule has 0 unspecified atom stereocenters. The molecule has 0 aromatic carbocycles. The van der Waals surface area contributed by atoms with Crippen LogP contribution in [0.25, 0.3) is 27.1 Å². The van der Waals surface area contributed by atoms with E-state index in [1.807, 2.05) is 17.5 Å². The van der Waals surface area contributed by atoms with Gasteiger partial charge in [-0.1, -0.05) is 13.8 Å². The third-order valence-corrected chi connectivity index (χ3v) is 8.08. The van der Waals surface area contributed by atoms with Crippen LogP contribution in [0.15, 0.2) is 12.3 Å². The molecular formula is C24H30N6OS. The van der Waals surface area contributed by atoms with E-state index in [1.54, 1.807) is 11.4 Å². The molecule has 7 nitrogen and oxygen atoms in total. The number of rotatable bonds is 5. The summed E-state index contributed by atoms with van der Waals surface area (Å²) >= 11 is 1.91. The number of Topliss-reactive ketones (excluding diaryl/α,β-unsaturated/α-hetero) is 1. The highest BCUT2D eigenvalue weighted by Crippen LogP contribution is 2.45. The molecule has 0 radical (unpaired) electrons. The fourth-order valence-corrected chi connectivity index (χ4v) is 6.65. The monoisotopic (exact) mass is 450 g/mol. The van der Waals surface area contributed by atoms with Crippen molar-refractivity contribution in [2.75, 3.05) is 19.6 Å². The summed E-state index contributed by atoms with van der Waals surface area (Å²) in [6.07, 6.45) is 4.26. The van der Waals surface area contributed by atoms with Crippen LogP contribution in [0.1, 0.15) is 67.0 Å². The first-order valence-electron chi connectivity index (χ1n) is 11.4. The number of carbonyl (C=O) groups excluding carboxylic acids is 1. The molecule has 32 heavy (non-hydrogen) atoms. The SMILES string of the molecule is CC(=O)CN1CCC(c2sc3[nH]c(-c4cc(C)c5nnnn5c4)c(C(C)C)c3c2C)CC1. The molecule has 0 amide bonds. The number of carbonyl (C=O) groups is 1. The molecule has 0 spiro atoms. The van der Waals surface area contributed by atoms with Gasteiger partial charge in [0.25, 0.3) is 0 Å². The third kappa shape index (κ3) is 3.55. The highest BCUT2D eigenvalue weighted by atomic mass is 32.1. The van der Waals surface area contributed by atoms with Crippen LogP contribution >= 0.6 is 11.3 Å². The first kappa shape index (κ1) is 21.3. The molecule has 0 bridgehead atoms. The van der Waals surface area contributed by atoms with Gasteiger partial charge in [-0.3, -0.25) is 9.69 Å². The van der Waals surface area contributed by atoms with Crippen LogP contribution < -0.4 is 0 Å². The number of aromatic amines is 1. The predicted molar refractivity (Wildman–Crippen MR) is 129 cm³/mol. The Morgan fingerprint density at radius 2 is 2.03 bits per heavy atom. The minimum Gasteiger partial charge on any atom is -0.346 e. The largest absolute Gasteiger partial charge is 0.346 e. The van der Waals surface area contributed by atoms with Gasteiger partial charge in [0.2, 0.25) is 0 Å². The maximum Gasteiger partial charge on any atom is 0.182 e. The number of nitrogens with one attached hydrogen (secondary N) is 1. The highest BCUT2D eigenvalue weighted by molar-refractivity contribution is 7.19. The summed E-state index contributed by atoms with van der Waals surface area (Å²) in [5.41, 5.74) is 6.94. The normalized spacial score (nSPS) is 16.1. The molecule has 1 aliphatic rings. The number of hydrogen-bond donors (Lipinski definition) is 1. The van der Waals surface area contributed by atoms with Crippen molar-refractivity contribution in [1.29, 1.82) is 0 Å². The molecule has 8 heteroatoms. The van der Waals surface area contributed by atoms with Crippen molar-refractivity contribution in [1.82, 2.24) is 29.9 Å². The van der Waals surface area contributed by atoms with E-state index in [2.05, 4.69) is 59.2 Å². The molecule has 1 aliphatic heterocycles. The summed E-state index contributed by atoms with van der Waals surface area (Å²) in [6.45, 7) is 13.2. The Morgan fingerprint density at radius 3 is 2.72 bits per heavy atom.